The van der Waals surface area contributed by atoms with E-state index in [9.17, 15) is 0 Å². The molecule has 0 aromatic carbocycles. The summed E-state index contributed by atoms with van der Waals surface area (Å²) in [4.78, 5) is 4.41. The van der Waals surface area contributed by atoms with Crippen LogP contribution < -0.4 is 5.32 Å². The van der Waals surface area contributed by atoms with Crippen LogP contribution in [0.3, 0.4) is 0 Å². The molecule has 0 radical (unpaired) electrons. The predicted molar refractivity (Wildman–Crippen MR) is 78.2 cm³/mol. The van der Waals surface area contributed by atoms with E-state index in [1.807, 2.05) is 11.3 Å². The first kappa shape index (κ1) is 12.6. The smallest absolute Gasteiger partial charge is 0.0362 e. The van der Waals surface area contributed by atoms with Crippen LogP contribution in [0.2, 0.25) is 0 Å². The lowest BCUT2D eigenvalue weighted by molar-refractivity contribution is 0.0802. The summed E-state index contributed by atoms with van der Waals surface area (Å²) in [7, 11) is 2.10. The van der Waals surface area contributed by atoms with Crippen LogP contribution in [0.25, 0.3) is 0 Å². The summed E-state index contributed by atoms with van der Waals surface area (Å²) in [6, 6.07) is 4.52. The number of piperidine rings is 1. The Hall–Kier alpha value is -0.380. The average molecular weight is 264 g/mol. The predicted octanol–water partition coefficient (Wildman–Crippen LogP) is 3.20. The van der Waals surface area contributed by atoms with E-state index >= 15 is 0 Å². The minimum absolute atomic E-state index is 0.702. The topological polar surface area (TPSA) is 15.3 Å². The summed E-state index contributed by atoms with van der Waals surface area (Å²) in [5, 5.41) is 5.73. The van der Waals surface area contributed by atoms with Crippen LogP contribution in [0.5, 0.6) is 0 Å². The third kappa shape index (κ3) is 2.24. The Bertz CT molecular complexity index is 401. The summed E-state index contributed by atoms with van der Waals surface area (Å²) >= 11 is 1.96. The average Bonchev–Trinajstić information content (AvgIpc) is 2.87. The monoisotopic (exact) mass is 264 g/mol. The molecule has 3 atom stereocenters. The number of nitrogens with zero attached hydrogens (tertiary/aromatic N) is 1. The number of hydrogen-bond acceptors (Lipinski definition) is 3. The lowest BCUT2D eigenvalue weighted by Gasteiger charge is -2.43. The number of likely N-dealkylation sites (tertiary alicyclic amines) is 1. The maximum absolute atomic E-state index is 3.45. The number of hydrogen-bond donors (Lipinski definition) is 1. The van der Waals surface area contributed by atoms with E-state index in [0.29, 0.717) is 12.1 Å². The van der Waals surface area contributed by atoms with Crippen molar-refractivity contribution in [3.05, 3.63) is 21.9 Å². The molecule has 2 aliphatic rings. The summed E-state index contributed by atoms with van der Waals surface area (Å²) in [5.74, 6) is 0. The van der Waals surface area contributed by atoms with E-state index in [1.54, 1.807) is 10.4 Å². The summed E-state index contributed by atoms with van der Waals surface area (Å²) < 4.78 is 0. The highest BCUT2D eigenvalue weighted by Gasteiger charge is 2.33. The highest BCUT2D eigenvalue weighted by atomic mass is 32.1. The minimum Gasteiger partial charge on any atom is -0.317 e. The van der Waals surface area contributed by atoms with Crippen LogP contribution in [0.15, 0.2) is 11.4 Å². The van der Waals surface area contributed by atoms with Crippen molar-refractivity contribution in [2.75, 3.05) is 13.6 Å². The molecule has 1 N–H and O–H groups in total. The number of thiophene rings is 1. The molecule has 2 heterocycles. The third-order valence-electron chi connectivity index (χ3n) is 4.76. The lowest BCUT2D eigenvalue weighted by Crippen LogP contribution is -2.48. The molecule has 1 fully saturated rings. The van der Waals surface area contributed by atoms with Gasteiger partial charge in [-0.05, 0) is 63.1 Å². The van der Waals surface area contributed by atoms with Crippen LogP contribution >= 0.6 is 11.3 Å². The number of aryl methyl sites for hydroxylation is 1. The van der Waals surface area contributed by atoms with E-state index in [1.165, 1.54) is 38.6 Å². The SMILES string of the molecule is CNC1CCN(C2CCCc3sccc32)C(C)C1. The number of nitrogens with one attached hydrogen (secondary N) is 1. The molecule has 1 saturated heterocycles. The zero-order valence-electron chi connectivity index (χ0n) is 11.5. The van der Waals surface area contributed by atoms with Gasteiger partial charge in [-0.3, -0.25) is 4.90 Å². The molecule has 0 spiro atoms. The van der Waals surface area contributed by atoms with E-state index in [-0.39, 0.29) is 0 Å². The molecule has 3 unspecified atom stereocenters. The van der Waals surface area contributed by atoms with Gasteiger partial charge < -0.3 is 5.32 Å². The molecule has 100 valence electrons. The van der Waals surface area contributed by atoms with Gasteiger partial charge in [0.05, 0.1) is 0 Å². The van der Waals surface area contributed by atoms with Gasteiger partial charge in [0.15, 0.2) is 0 Å². The van der Waals surface area contributed by atoms with E-state index < -0.39 is 0 Å². The van der Waals surface area contributed by atoms with Crippen molar-refractivity contribution in [1.82, 2.24) is 10.2 Å². The van der Waals surface area contributed by atoms with Gasteiger partial charge in [-0.2, -0.15) is 0 Å². The van der Waals surface area contributed by atoms with Crippen LogP contribution in [-0.2, 0) is 6.42 Å². The Morgan fingerprint density at radius 3 is 3.06 bits per heavy atom. The number of fused-ring (bicyclic) bond motifs is 1. The van der Waals surface area contributed by atoms with Crippen molar-refractivity contribution in [3.8, 4) is 0 Å². The highest BCUT2D eigenvalue weighted by molar-refractivity contribution is 7.10. The fraction of sp³-hybridized carbons (Fsp3) is 0.733. The highest BCUT2D eigenvalue weighted by Crippen LogP contribution is 2.39. The third-order valence-corrected chi connectivity index (χ3v) is 5.75. The first-order valence-electron chi connectivity index (χ1n) is 7.29. The molecule has 2 nitrogen and oxygen atoms in total. The van der Waals surface area contributed by atoms with E-state index in [4.69, 9.17) is 0 Å². The van der Waals surface area contributed by atoms with Crippen molar-refractivity contribution in [1.29, 1.82) is 0 Å². The molecule has 0 bridgehead atoms. The summed E-state index contributed by atoms with van der Waals surface area (Å²) in [6.45, 7) is 3.66. The van der Waals surface area contributed by atoms with Gasteiger partial charge in [-0.25, -0.2) is 0 Å². The molecule has 1 aromatic rings. The van der Waals surface area contributed by atoms with Crippen molar-refractivity contribution in [2.45, 2.75) is 57.2 Å². The Morgan fingerprint density at radius 2 is 2.28 bits per heavy atom. The summed E-state index contributed by atoms with van der Waals surface area (Å²) in [5.41, 5.74) is 1.64. The van der Waals surface area contributed by atoms with Gasteiger partial charge in [0.2, 0.25) is 0 Å². The maximum Gasteiger partial charge on any atom is 0.0362 e. The molecule has 18 heavy (non-hydrogen) atoms. The van der Waals surface area contributed by atoms with Crippen molar-refractivity contribution >= 4 is 11.3 Å². The van der Waals surface area contributed by atoms with Gasteiger partial charge in [-0.15, -0.1) is 11.3 Å². The quantitative estimate of drug-likeness (QED) is 0.882. The molecule has 0 amide bonds. The van der Waals surface area contributed by atoms with Crippen molar-refractivity contribution < 1.29 is 0 Å². The standard InChI is InChI=1S/C15H24N2S/c1-11-10-12(16-2)6-8-17(11)14-4-3-5-15-13(14)7-9-18-15/h7,9,11-12,14,16H,3-6,8,10H2,1-2H3. The second kappa shape index (κ2) is 5.32. The first-order chi connectivity index (χ1) is 8.79. The van der Waals surface area contributed by atoms with Gasteiger partial charge in [0, 0.05) is 29.5 Å². The van der Waals surface area contributed by atoms with Crippen molar-refractivity contribution in [2.24, 2.45) is 0 Å². The Kier molecular flexibility index (Phi) is 3.73. The van der Waals surface area contributed by atoms with Crippen LogP contribution in [0, 0.1) is 0 Å². The van der Waals surface area contributed by atoms with Gasteiger partial charge >= 0.3 is 0 Å². The fourth-order valence-corrected chi connectivity index (χ4v) is 4.70. The molecule has 0 saturated carbocycles. The van der Waals surface area contributed by atoms with Crippen LogP contribution in [-0.4, -0.2) is 30.6 Å². The van der Waals surface area contributed by atoms with Crippen LogP contribution in [0.4, 0.5) is 0 Å². The molecular weight excluding hydrogens is 240 g/mol. The first-order valence-corrected chi connectivity index (χ1v) is 8.17. The second-order valence-corrected chi connectivity index (χ2v) is 6.80. The second-order valence-electron chi connectivity index (χ2n) is 5.80. The van der Waals surface area contributed by atoms with Crippen LogP contribution in [0.1, 0.15) is 49.1 Å². The van der Waals surface area contributed by atoms with E-state index in [2.05, 4.69) is 35.6 Å². The number of rotatable bonds is 2. The largest absolute Gasteiger partial charge is 0.317 e. The van der Waals surface area contributed by atoms with Gasteiger partial charge in [0.1, 0.15) is 0 Å². The Morgan fingerprint density at radius 1 is 1.39 bits per heavy atom. The minimum atomic E-state index is 0.702. The zero-order chi connectivity index (χ0) is 12.5. The molecule has 3 heteroatoms. The van der Waals surface area contributed by atoms with Crippen molar-refractivity contribution in [3.63, 3.8) is 0 Å². The van der Waals surface area contributed by atoms with Gasteiger partial charge in [0.25, 0.3) is 0 Å². The van der Waals surface area contributed by atoms with E-state index in [0.717, 1.165) is 6.04 Å². The van der Waals surface area contributed by atoms with Gasteiger partial charge in [-0.1, -0.05) is 0 Å². The summed E-state index contributed by atoms with van der Waals surface area (Å²) in [6.07, 6.45) is 6.64. The molecule has 1 aromatic heterocycles. The normalized spacial score (nSPS) is 33.3. The fourth-order valence-electron chi connectivity index (χ4n) is 3.72. The molecule has 1 aliphatic carbocycles. The lowest BCUT2D eigenvalue weighted by atomic mass is 9.88. The molecular formula is C15H24N2S. The molecule has 3 rings (SSSR count). The molecule has 1 aliphatic heterocycles. The Balaban J connectivity index is 1.77. The maximum atomic E-state index is 3.45. The zero-order valence-corrected chi connectivity index (χ0v) is 12.3. The Labute approximate surface area is 114 Å².